The van der Waals surface area contributed by atoms with E-state index in [1.54, 1.807) is 0 Å². The Balaban J connectivity index is 1.34. The summed E-state index contributed by atoms with van der Waals surface area (Å²) in [5, 5.41) is 25.0. The maximum atomic E-state index is 11.3. The van der Waals surface area contributed by atoms with Crippen LogP contribution in [0.2, 0.25) is 0 Å². The maximum absolute atomic E-state index is 11.3. The molecule has 0 amide bonds. The Hall–Kier alpha value is -6.08. The molecule has 9 aromatic rings. The molecule has 9 rings (SSSR count). The van der Waals surface area contributed by atoms with E-state index in [1.807, 2.05) is 109 Å². The van der Waals surface area contributed by atoms with Gasteiger partial charge in [0.1, 0.15) is 0 Å². The second-order valence-corrected chi connectivity index (χ2v) is 14.2. The second kappa shape index (κ2) is 12.4. The molecular formula is C44H28N2O2S2. The van der Waals surface area contributed by atoms with Crippen molar-refractivity contribution in [2.45, 2.75) is 0 Å². The highest BCUT2D eigenvalue weighted by Gasteiger charge is 2.21. The van der Waals surface area contributed by atoms with Gasteiger partial charge in [0.15, 0.2) is 10.1 Å². The van der Waals surface area contributed by atoms with Crippen molar-refractivity contribution < 1.29 is 10.2 Å². The quantitative estimate of drug-likeness (QED) is 0.172. The van der Waals surface area contributed by atoms with Gasteiger partial charge in [-0.2, -0.15) is 0 Å². The van der Waals surface area contributed by atoms with Crippen LogP contribution in [0.15, 0.2) is 158 Å². The first-order valence-corrected chi connectivity index (χ1v) is 17.9. The van der Waals surface area contributed by atoms with Crippen molar-refractivity contribution in [1.82, 2.24) is 9.97 Å². The molecule has 0 radical (unpaired) electrons. The van der Waals surface area contributed by atoms with Gasteiger partial charge in [0.05, 0.1) is 33.5 Å². The van der Waals surface area contributed by atoms with Crippen LogP contribution in [0.25, 0.3) is 87.5 Å². The van der Waals surface area contributed by atoms with Crippen molar-refractivity contribution >= 4 is 44.5 Å². The van der Waals surface area contributed by atoms with E-state index in [2.05, 4.69) is 48.5 Å². The summed E-state index contributed by atoms with van der Waals surface area (Å²) >= 11 is 2.70. The number of rotatable bonds is 6. The first-order valence-electron chi connectivity index (χ1n) is 16.3. The van der Waals surface area contributed by atoms with Crippen molar-refractivity contribution in [2.24, 2.45) is 0 Å². The van der Waals surface area contributed by atoms with Gasteiger partial charge in [-0.1, -0.05) is 156 Å². The lowest BCUT2D eigenvalue weighted by Crippen LogP contribution is -1.95. The number of hydrogen-bond acceptors (Lipinski definition) is 6. The van der Waals surface area contributed by atoms with Crippen LogP contribution in [0.5, 0.6) is 10.1 Å². The van der Waals surface area contributed by atoms with Crippen molar-refractivity contribution in [3.8, 4) is 75.8 Å². The largest absolute Gasteiger partial charge is 0.499 e. The van der Waals surface area contributed by atoms with E-state index in [0.29, 0.717) is 22.5 Å². The van der Waals surface area contributed by atoms with Crippen LogP contribution in [0.4, 0.5) is 0 Å². The van der Waals surface area contributed by atoms with Crippen LogP contribution in [0, 0.1) is 0 Å². The minimum absolute atomic E-state index is 0.213. The molecule has 2 N–H and O–H groups in total. The molecule has 238 valence electrons. The van der Waals surface area contributed by atoms with Gasteiger partial charge in [-0.05, 0) is 57.6 Å². The fraction of sp³-hybridized carbons (Fsp3) is 0. The van der Waals surface area contributed by atoms with Crippen molar-refractivity contribution in [3.63, 3.8) is 0 Å². The van der Waals surface area contributed by atoms with E-state index in [0.717, 1.165) is 64.9 Å². The lowest BCUT2D eigenvalue weighted by atomic mass is 9.94. The van der Waals surface area contributed by atoms with Gasteiger partial charge in [-0.15, -0.1) is 0 Å². The Kier molecular flexibility index (Phi) is 7.46. The molecule has 0 bridgehead atoms. The van der Waals surface area contributed by atoms with E-state index >= 15 is 0 Å². The number of benzene rings is 5. The average Bonchev–Trinajstić information content (AvgIpc) is 3.77. The summed E-state index contributed by atoms with van der Waals surface area (Å²) in [5.41, 5.74) is 10.3. The third-order valence-corrected chi connectivity index (χ3v) is 11.0. The Morgan fingerprint density at radius 2 is 0.700 bits per heavy atom. The highest BCUT2D eigenvalue weighted by atomic mass is 32.1. The predicted octanol–water partition coefficient (Wildman–Crippen LogP) is 12.3. The van der Waals surface area contributed by atoms with E-state index in [-0.39, 0.29) is 10.1 Å². The Labute approximate surface area is 296 Å². The number of thiophene rings is 2. The third-order valence-electron chi connectivity index (χ3n) is 9.02. The summed E-state index contributed by atoms with van der Waals surface area (Å²) in [6.07, 6.45) is 0. The second-order valence-electron chi connectivity index (χ2n) is 12.1. The van der Waals surface area contributed by atoms with Crippen LogP contribution in [-0.2, 0) is 0 Å². The van der Waals surface area contributed by atoms with Gasteiger partial charge in [-0.3, -0.25) is 0 Å². The lowest BCUT2D eigenvalue weighted by Gasteiger charge is -2.15. The smallest absolute Gasteiger partial charge is 0.181 e. The Morgan fingerprint density at radius 3 is 1.06 bits per heavy atom. The number of hydrogen-bond donors (Lipinski definition) is 2. The molecule has 0 aliphatic carbocycles. The van der Waals surface area contributed by atoms with Gasteiger partial charge in [0.2, 0.25) is 0 Å². The summed E-state index contributed by atoms with van der Waals surface area (Å²) in [6.45, 7) is 0. The average molecular weight is 681 g/mol. The Morgan fingerprint density at radius 1 is 0.360 bits per heavy atom. The summed E-state index contributed by atoms with van der Waals surface area (Å²) in [5.74, 6) is 0. The number of nitrogens with zero attached hydrogens (tertiary/aromatic N) is 2. The number of pyridine rings is 2. The molecule has 0 aliphatic heterocycles. The highest BCUT2D eigenvalue weighted by Crippen LogP contribution is 2.46. The van der Waals surface area contributed by atoms with Gasteiger partial charge in [0.25, 0.3) is 0 Å². The monoisotopic (exact) mass is 680 g/mol. The van der Waals surface area contributed by atoms with Gasteiger partial charge >= 0.3 is 0 Å². The maximum Gasteiger partial charge on any atom is 0.181 e. The van der Waals surface area contributed by atoms with Crippen molar-refractivity contribution in [2.75, 3.05) is 0 Å². The summed E-state index contributed by atoms with van der Waals surface area (Å²) < 4.78 is 0. The van der Waals surface area contributed by atoms with Crippen molar-refractivity contribution in [3.05, 3.63) is 158 Å². The van der Waals surface area contributed by atoms with Gasteiger partial charge in [0, 0.05) is 20.5 Å². The molecule has 4 nitrogen and oxygen atoms in total. The number of aromatic nitrogens is 2. The zero-order valence-electron chi connectivity index (χ0n) is 26.6. The van der Waals surface area contributed by atoms with E-state index in [9.17, 15) is 10.2 Å². The lowest BCUT2D eigenvalue weighted by molar-refractivity contribution is 0.492. The molecular weight excluding hydrogens is 653 g/mol. The first-order chi connectivity index (χ1) is 24.6. The van der Waals surface area contributed by atoms with E-state index < -0.39 is 0 Å². The number of fused-ring (bicyclic) bond motifs is 3. The number of aromatic hydroxyl groups is 2. The standard InChI is InChI=1S/C44H28N2O2S2/c47-43-35(25-39(49-43)29-17-9-3-10-18-29)37-23-33(27-13-5-1-6-14-27)31-21-22-32-34(28-15-7-2-8-16-28)24-38(46-42(32)41(31)45-37)36-26-40(50-44(36)48)30-19-11-4-12-20-30/h1-26,47-48H. The molecule has 6 heteroatoms. The van der Waals surface area contributed by atoms with Crippen molar-refractivity contribution in [1.29, 1.82) is 0 Å². The molecule has 4 aromatic heterocycles. The first kappa shape index (κ1) is 30.0. The zero-order valence-corrected chi connectivity index (χ0v) is 28.2. The summed E-state index contributed by atoms with van der Waals surface area (Å²) in [7, 11) is 0. The van der Waals surface area contributed by atoms with Gasteiger partial charge < -0.3 is 10.2 Å². The molecule has 0 saturated heterocycles. The molecule has 0 aliphatic rings. The molecule has 5 aromatic carbocycles. The minimum atomic E-state index is 0.213. The van der Waals surface area contributed by atoms with Crippen LogP contribution in [0.3, 0.4) is 0 Å². The molecule has 0 unspecified atom stereocenters. The SMILES string of the molecule is Oc1sc(-c2ccccc2)cc1-c1cc(-c2ccccc2)c2ccc3c(-c4ccccc4)cc(-c4cc(-c5ccccc5)sc4O)nc3c2n1. The zero-order chi connectivity index (χ0) is 33.6. The molecule has 0 spiro atoms. The highest BCUT2D eigenvalue weighted by molar-refractivity contribution is 7.18. The third kappa shape index (κ3) is 5.31. The molecule has 0 atom stereocenters. The molecule has 0 fully saturated rings. The van der Waals surface area contributed by atoms with E-state index in [1.165, 1.54) is 22.7 Å². The molecule has 0 saturated carbocycles. The van der Waals surface area contributed by atoms with Crippen LogP contribution >= 0.6 is 22.7 Å². The fourth-order valence-corrected chi connectivity index (χ4v) is 8.41. The van der Waals surface area contributed by atoms with E-state index in [4.69, 9.17) is 9.97 Å². The molecule has 50 heavy (non-hydrogen) atoms. The van der Waals surface area contributed by atoms with Crippen LogP contribution in [-0.4, -0.2) is 20.2 Å². The van der Waals surface area contributed by atoms with Crippen LogP contribution in [0.1, 0.15) is 0 Å². The minimum Gasteiger partial charge on any atom is -0.499 e. The predicted molar refractivity (Wildman–Crippen MR) is 209 cm³/mol. The topological polar surface area (TPSA) is 66.2 Å². The summed E-state index contributed by atoms with van der Waals surface area (Å²) in [6, 6.07) is 53.1. The normalized spacial score (nSPS) is 11.4. The molecule has 4 heterocycles. The van der Waals surface area contributed by atoms with Crippen LogP contribution < -0.4 is 0 Å². The van der Waals surface area contributed by atoms with Gasteiger partial charge in [-0.25, -0.2) is 9.97 Å². The fourth-order valence-electron chi connectivity index (χ4n) is 6.58. The summed E-state index contributed by atoms with van der Waals surface area (Å²) in [4.78, 5) is 12.5. The Bertz CT molecular complexity index is 2470.